The van der Waals surface area contributed by atoms with E-state index in [-0.39, 0.29) is 5.75 Å². The first kappa shape index (κ1) is 15.3. The minimum absolute atomic E-state index is 0.151. The Morgan fingerprint density at radius 1 is 1.12 bits per heavy atom. The zero-order valence-corrected chi connectivity index (χ0v) is 13.7. The highest BCUT2D eigenvalue weighted by atomic mass is 32.1. The molecule has 25 heavy (non-hydrogen) atoms. The van der Waals surface area contributed by atoms with Crippen LogP contribution in [0.4, 0.5) is 5.13 Å². The summed E-state index contributed by atoms with van der Waals surface area (Å²) in [5.41, 5.74) is 1.64. The SMILES string of the molecule is O=c1oc2ccccc2cc1-c1csc(N=Cc2ccccc2O)n1. The maximum atomic E-state index is 12.2. The van der Waals surface area contributed by atoms with Crippen LogP contribution in [0.5, 0.6) is 5.75 Å². The lowest BCUT2D eigenvalue weighted by Gasteiger charge is -1.98. The minimum atomic E-state index is -0.430. The summed E-state index contributed by atoms with van der Waals surface area (Å²) in [5, 5.41) is 12.8. The van der Waals surface area contributed by atoms with Crippen molar-refractivity contribution in [3.8, 4) is 17.0 Å². The monoisotopic (exact) mass is 348 g/mol. The van der Waals surface area contributed by atoms with Crippen molar-refractivity contribution in [2.24, 2.45) is 4.99 Å². The van der Waals surface area contributed by atoms with Gasteiger partial charge in [-0.05, 0) is 24.3 Å². The second-order valence-electron chi connectivity index (χ2n) is 5.32. The topological polar surface area (TPSA) is 75.7 Å². The molecular formula is C19H12N2O3S. The molecule has 2 aromatic carbocycles. The lowest BCUT2D eigenvalue weighted by molar-refractivity contribution is 0.474. The van der Waals surface area contributed by atoms with Gasteiger partial charge in [0.2, 0.25) is 5.13 Å². The van der Waals surface area contributed by atoms with Crippen molar-refractivity contribution in [1.82, 2.24) is 4.98 Å². The Kier molecular flexibility index (Phi) is 3.87. The van der Waals surface area contributed by atoms with Crippen LogP contribution in [0, 0.1) is 0 Å². The summed E-state index contributed by atoms with van der Waals surface area (Å²) < 4.78 is 5.34. The minimum Gasteiger partial charge on any atom is -0.507 e. The van der Waals surface area contributed by atoms with E-state index in [4.69, 9.17) is 4.42 Å². The molecule has 0 aliphatic heterocycles. The van der Waals surface area contributed by atoms with Crippen molar-refractivity contribution in [1.29, 1.82) is 0 Å². The number of nitrogens with zero attached hydrogens (tertiary/aromatic N) is 2. The van der Waals surface area contributed by atoms with E-state index in [1.165, 1.54) is 11.3 Å². The van der Waals surface area contributed by atoms with Crippen LogP contribution in [0.25, 0.3) is 22.2 Å². The largest absolute Gasteiger partial charge is 0.507 e. The van der Waals surface area contributed by atoms with E-state index in [9.17, 15) is 9.90 Å². The summed E-state index contributed by atoms with van der Waals surface area (Å²) in [6.07, 6.45) is 1.54. The van der Waals surface area contributed by atoms with Crippen LogP contribution in [-0.4, -0.2) is 16.3 Å². The Bertz CT molecular complexity index is 1140. The second-order valence-corrected chi connectivity index (χ2v) is 6.15. The first-order valence-electron chi connectivity index (χ1n) is 7.51. The van der Waals surface area contributed by atoms with Gasteiger partial charge in [-0.25, -0.2) is 14.8 Å². The Morgan fingerprint density at radius 2 is 1.92 bits per heavy atom. The van der Waals surface area contributed by atoms with Gasteiger partial charge in [0.25, 0.3) is 0 Å². The van der Waals surface area contributed by atoms with Crippen LogP contribution in [0.15, 0.2) is 74.2 Å². The molecule has 0 fully saturated rings. The molecule has 0 aliphatic rings. The third-order valence-corrected chi connectivity index (χ3v) is 4.41. The highest BCUT2D eigenvalue weighted by molar-refractivity contribution is 7.13. The number of rotatable bonds is 3. The quantitative estimate of drug-likeness (QED) is 0.440. The highest BCUT2D eigenvalue weighted by Gasteiger charge is 2.11. The van der Waals surface area contributed by atoms with Crippen molar-refractivity contribution < 1.29 is 9.52 Å². The fourth-order valence-corrected chi connectivity index (χ4v) is 3.07. The highest BCUT2D eigenvalue weighted by Crippen LogP contribution is 2.27. The van der Waals surface area contributed by atoms with Gasteiger partial charge in [0, 0.05) is 22.5 Å². The smallest absolute Gasteiger partial charge is 0.345 e. The fraction of sp³-hybridized carbons (Fsp3) is 0. The van der Waals surface area contributed by atoms with Crippen LogP contribution in [0.3, 0.4) is 0 Å². The van der Waals surface area contributed by atoms with Gasteiger partial charge < -0.3 is 9.52 Å². The molecule has 0 bridgehead atoms. The molecule has 0 atom stereocenters. The van der Waals surface area contributed by atoms with Crippen molar-refractivity contribution in [3.63, 3.8) is 0 Å². The Balaban J connectivity index is 1.69. The van der Waals surface area contributed by atoms with E-state index in [1.807, 2.05) is 24.3 Å². The van der Waals surface area contributed by atoms with Crippen LogP contribution in [0.2, 0.25) is 0 Å². The summed E-state index contributed by atoms with van der Waals surface area (Å²) in [6, 6.07) is 16.0. The Labute approximate surface area is 146 Å². The molecule has 4 rings (SSSR count). The van der Waals surface area contributed by atoms with E-state index in [1.54, 1.807) is 41.9 Å². The lowest BCUT2D eigenvalue weighted by atomic mass is 10.1. The summed E-state index contributed by atoms with van der Waals surface area (Å²) in [7, 11) is 0. The number of hydrogen-bond donors (Lipinski definition) is 1. The normalized spacial score (nSPS) is 11.4. The number of aromatic hydroxyl groups is 1. The molecule has 0 saturated heterocycles. The average Bonchev–Trinajstić information content (AvgIpc) is 3.09. The van der Waals surface area contributed by atoms with Crippen molar-refractivity contribution in [2.75, 3.05) is 0 Å². The standard InChI is InChI=1S/C19H12N2O3S/c22-16-7-3-1-6-13(16)10-20-19-21-15(11-25-19)14-9-12-5-2-4-8-17(12)24-18(14)23/h1-11,22H. The summed E-state index contributed by atoms with van der Waals surface area (Å²) in [4.78, 5) is 20.8. The maximum absolute atomic E-state index is 12.2. The third-order valence-electron chi connectivity index (χ3n) is 3.66. The number of fused-ring (bicyclic) bond motifs is 1. The Hall–Kier alpha value is -3.25. The first-order chi connectivity index (χ1) is 12.2. The zero-order valence-electron chi connectivity index (χ0n) is 12.9. The molecule has 0 spiro atoms. The maximum Gasteiger partial charge on any atom is 0.345 e. The van der Waals surface area contributed by atoms with Crippen LogP contribution in [0.1, 0.15) is 5.56 Å². The van der Waals surface area contributed by atoms with Crippen LogP contribution < -0.4 is 5.63 Å². The first-order valence-corrected chi connectivity index (χ1v) is 8.39. The Morgan fingerprint density at radius 3 is 2.80 bits per heavy atom. The predicted molar refractivity (Wildman–Crippen MR) is 99.0 cm³/mol. The molecule has 122 valence electrons. The van der Waals surface area contributed by atoms with Crippen LogP contribution >= 0.6 is 11.3 Å². The van der Waals surface area contributed by atoms with Crippen molar-refractivity contribution in [2.45, 2.75) is 0 Å². The molecule has 4 aromatic rings. The van der Waals surface area contributed by atoms with Gasteiger partial charge >= 0.3 is 5.63 Å². The van der Waals surface area contributed by atoms with Gasteiger partial charge in [-0.3, -0.25) is 0 Å². The number of benzene rings is 2. The molecule has 2 heterocycles. The van der Waals surface area contributed by atoms with Crippen LogP contribution in [-0.2, 0) is 0 Å². The number of para-hydroxylation sites is 2. The second kappa shape index (κ2) is 6.33. The van der Waals surface area contributed by atoms with E-state index >= 15 is 0 Å². The van der Waals surface area contributed by atoms with E-state index in [0.29, 0.717) is 27.5 Å². The molecule has 0 unspecified atom stereocenters. The van der Waals surface area contributed by atoms with Crippen molar-refractivity contribution >= 4 is 33.7 Å². The summed E-state index contributed by atoms with van der Waals surface area (Å²) >= 11 is 1.31. The number of hydrogen-bond acceptors (Lipinski definition) is 6. The van der Waals surface area contributed by atoms with Gasteiger partial charge in [0.1, 0.15) is 11.3 Å². The van der Waals surface area contributed by atoms with Crippen molar-refractivity contribution in [3.05, 3.63) is 76.0 Å². The van der Waals surface area contributed by atoms with E-state index in [0.717, 1.165) is 5.39 Å². The molecule has 6 heteroatoms. The van der Waals surface area contributed by atoms with Gasteiger partial charge in [-0.15, -0.1) is 11.3 Å². The predicted octanol–water partition coefficient (Wildman–Crippen LogP) is 4.37. The molecule has 0 radical (unpaired) electrons. The number of aliphatic imine (C=N–C) groups is 1. The fourth-order valence-electron chi connectivity index (χ4n) is 2.41. The average molecular weight is 348 g/mol. The third kappa shape index (κ3) is 3.07. The molecule has 5 nitrogen and oxygen atoms in total. The number of phenolic OH excluding ortho intramolecular Hbond substituents is 1. The van der Waals surface area contributed by atoms with Gasteiger partial charge in [-0.2, -0.15) is 0 Å². The molecule has 2 aromatic heterocycles. The molecule has 0 saturated carbocycles. The van der Waals surface area contributed by atoms with Gasteiger partial charge in [-0.1, -0.05) is 30.3 Å². The van der Waals surface area contributed by atoms with Gasteiger partial charge in [0.05, 0.1) is 11.3 Å². The van der Waals surface area contributed by atoms with Gasteiger partial charge in [0.15, 0.2) is 0 Å². The molecule has 0 aliphatic carbocycles. The number of thiazole rings is 1. The lowest BCUT2D eigenvalue weighted by Crippen LogP contribution is -2.02. The number of phenols is 1. The zero-order chi connectivity index (χ0) is 17.2. The van der Waals surface area contributed by atoms with E-state index < -0.39 is 5.63 Å². The summed E-state index contributed by atoms with van der Waals surface area (Å²) in [6.45, 7) is 0. The molecular weight excluding hydrogens is 336 g/mol. The summed E-state index contributed by atoms with van der Waals surface area (Å²) in [5.74, 6) is 0.151. The molecule has 0 amide bonds. The van der Waals surface area contributed by atoms with E-state index in [2.05, 4.69) is 9.98 Å². The molecule has 1 N–H and O–H groups in total. The number of aromatic nitrogens is 1.